The number of aliphatic hydroxyl groups excluding tert-OH is 2. The zero-order chi connectivity index (χ0) is 13.5. The van der Waals surface area contributed by atoms with E-state index < -0.39 is 6.10 Å². The van der Waals surface area contributed by atoms with Gasteiger partial charge in [0.2, 0.25) is 0 Å². The number of aliphatic hydroxyl groups is 2. The lowest BCUT2D eigenvalue weighted by molar-refractivity contribution is 0.0525. The molecule has 0 aromatic heterocycles. The van der Waals surface area contributed by atoms with Gasteiger partial charge in [-0.1, -0.05) is 0 Å². The molecular formula is C13H19NO4. The standard InChI is InChI=1S/C13H19NO4/c1-3-18-13(17)12-5-4-10(6-9(12)2)14-7-11(16)8-15/h4-6,11,14-16H,3,7-8H2,1-2H3. The summed E-state index contributed by atoms with van der Waals surface area (Å²) >= 11 is 0. The molecule has 18 heavy (non-hydrogen) atoms. The summed E-state index contributed by atoms with van der Waals surface area (Å²) in [6.45, 7) is 3.90. The highest BCUT2D eigenvalue weighted by molar-refractivity contribution is 5.91. The molecule has 0 amide bonds. The monoisotopic (exact) mass is 253 g/mol. The Hall–Kier alpha value is -1.59. The van der Waals surface area contributed by atoms with E-state index in [-0.39, 0.29) is 19.1 Å². The lowest BCUT2D eigenvalue weighted by Gasteiger charge is -2.12. The molecule has 1 aromatic carbocycles. The van der Waals surface area contributed by atoms with Crippen LogP contribution in [0.15, 0.2) is 18.2 Å². The first kappa shape index (κ1) is 14.5. The van der Waals surface area contributed by atoms with Crippen molar-refractivity contribution in [2.45, 2.75) is 20.0 Å². The Bertz CT molecular complexity index is 406. The van der Waals surface area contributed by atoms with Gasteiger partial charge in [-0.05, 0) is 37.6 Å². The summed E-state index contributed by atoms with van der Waals surface area (Å²) in [7, 11) is 0. The third-order valence-electron chi connectivity index (χ3n) is 2.47. The number of hydrogen-bond donors (Lipinski definition) is 3. The van der Waals surface area contributed by atoms with Gasteiger partial charge in [-0.25, -0.2) is 4.79 Å². The molecule has 1 rings (SSSR count). The lowest BCUT2D eigenvalue weighted by atomic mass is 10.1. The number of nitrogens with one attached hydrogen (secondary N) is 1. The number of esters is 1. The Morgan fingerprint density at radius 1 is 1.50 bits per heavy atom. The second-order valence-corrected chi connectivity index (χ2v) is 3.97. The second-order valence-electron chi connectivity index (χ2n) is 3.97. The predicted octanol–water partition coefficient (Wildman–Crippen LogP) is 0.937. The number of aryl methyl sites for hydroxylation is 1. The molecule has 0 bridgehead atoms. The summed E-state index contributed by atoms with van der Waals surface area (Å²) < 4.78 is 4.93. The maximum absolute atomic E-state index is 11.6. The van der Waals surface area contributed by atoms with E-state index in [2.05, 4.69) is 5.32 Å². The molecule has 0 radical (unpaired) electrons. The van der Waals surface area contributed by atoms with E-state index in [1.54, 1.807) is 25.1 Å². The van der Waals surface area contributed by atoms with Crippen molar-refractivity contribution >= 4 is 11.7 Å². The summed E-state index contributed by atoms with van der Waals surface area (Å²) in [6, 6.07) is 5.22. The molecule has 100 valence electrons. The Kier molecular flexibility index (Phi) is 5.61. The third-order valence-corrected chi connectivity index (χ3v) is 2.47. The van der Waals surface area contributed by atoms with Crippen LogP contribution in [0.3, 0.4) is 0 Å². The van der Waals surface area contributed by atoms with Gasteiger partial charge in [0.05, 0.1) is 24.9 Å². The van der Waals surface area contributed by atoms with Gasteiger partial charge in [0.25, 0.3) is 0 Å². The molecule has 1 atom stereocenters. The zero-order valence-corrected chi connectivity index (χ0v) is 10.6. The summed E-state index contributed by atoms with van der Waals surface area (Å²) in [4.78, 5) is 11.6. The molecule has 3 N–H and O–H groups in total. The van der Waals surface area contributed by atoms with Crippen molar-refractivity contribution < 1.29 is 19.7 Å². The minimum absolute atomic E-state index is 0.259. The number of hydrogen-bond acceptors (Lipinski definition) is 5. The topological polar surface area (TPSA) is 78.8 Å². The molecule has 1 unspecified atom stereocenters. The smallest absolute Gasteiger partial charge is 0.338 e. The van der Waals surface area contributed by atoms with Crippen molar-refractivity contribution in [1.82, 2.24) is 0 Å². The fourth-order valence-corrected chi connectivity index (χ4v) is 1.51. The Morgan fingerprint density at radius 3 is 2.78 bits per heavy atom. The summed E-state index contributed by atoms with van der Waals surface area (Å²) in [5, 5.41) is 20.9. The molecule has 0 fully saturated rings. The van der Waals surface area contributed by atoms with Crippen molar-refractivity contribution in [3.8, 4) is 0 Å². The number of anilines is 1. The zero-order valence-electron chi connectivity index (χ0n) is 10.6. The number of ether oxygens (including phenoxy) is 1. The van der Waals surface area contributed by atoms with Crippen LogP contribution in [0, 0.1) is 6.92 Å². The van der Waals surface area contributed by atoms with Crippen molar-refractivity contribution in [2.24, 2.45) is 0 Å². The van der Waals surface area contributed by atoms with Crippen LogP contribution in [0.2, 0.25) is 0 Å². The minimum atomic E-state index is -0.796. The second kappa shape index (κ2) is 6.98. The molecule has 0 aliphatic carbocycles. The predicted molar refractivity (Wildman–Crippen MR) is 68.7 cm³/mol. The first-order chi connectivity index (χ1) is 8.58. The Balaban J connectivity index is 2.70. The van der Waals surface area contributed by atoms with Crippen LogP contribution in [0.5, 0.6) is 0 Å². The normalized spacial score (nSPS) is 12.0. The maximum Gasteiger partial charge on any atom is 0.338 e. The van der Waals surface area contributed by atoms with Gasteiger partial charge in [-0.2, -0.15) is 0 Å². The minimum Gasteiger partial charge on any atom is -0.462 e. The molecule has 0 saturated carbocycles. The summed E-state index contributed by atoms with van der Waals surface area (Å²) in [5.41, 5.74) is 2.12. The number of benzene rings is 1. The average Bonchev–Trinajstić information content (AvgIpc) is 2.36. The molecule has 1 aromatic rings. The van der Waals surface area contributed by atoms with Crippen molar-refractivity contribution in [2.75, 3.05) is 25.1 Å². The van der Waals surface area contributed by atoms with Crippen LogP contribution in [0.1, 0.15) is 22.8 Å². The van der Waals surface area contributed by atoms with E-state index >= 15 is 0 Å². The van der Waals surface area contributed by atoms with Crippen LogP contribution in [-0.2, 0) is 4.74 Å². The largest absolute Gasteiger partial charge is 0.462 e. The van der Waals surface area contributed by atoms with Crippen LogP contribution >= 0.6 is 0 Å². The van der Waals surface area contributed by atoms with Crippen LogP contribution in [-0.4, -0.2) is 42.0 Å². The first-order valence-electron chi connectivity index (χ1n) is 5.89. The highest BCUT2D eigenvalue weighted by atomic mass is 16.5. The van der Waals surface area contributed by atoms with Crippen molar-refractivity contribution in [3.63, 3.8) is 0 Å². The molecule has 0 aliphatic heterocycles. The highest BCUT2D eigenvalue weighted by Gasteiger charge is 2.10. The molecular weight excluding hydrogens is 234 g/mol. The van der Waals surface area contributed by atoms with Gasteiger partial charge in [-0.15, -0.1) is 0 Å². The van der Waals surface area contributed by atoms with Crippen LogP contribution < -0.4 is 5.32 Å². The van der Waals surface area contributed by atoms with E-state index in [1.807, 2.05) is 6.92 Å². The van der Waals surface area contributed by atoms with Gasteiger partial charge in [-0.3, -0.25) is 0 Å². The van der Waals surface area contributed by atoms with E-state index in [0.29, 0.717) is 12.2 Å². The molecule has 5 heteroatoms. The van der Waals surface area contributed by atoms with E-state index in [9.17, 15) is 9.90 Å². The third kappa shape index (κ3) is 4.01. The maximum atomic E-state index is 11.6. The van der Waals surface area contributed by atoms with E-state index in [1.165, 1.54) is 0 Å². The number of carbonyl (C=O) groups excluding carboxylic acids is 1. The Morgan fingerprint density at radius 2 is 2.22 bits per heavy atom. The lowest BCUT2D eigenvalue weighted by Crippen LogP contribution is -2.23. The molecule has 5 nitrogen and oxygen atoms in total. The molecule has 0 heterocycles. The van der Waals surface area contributed by atoms with Gasteiger partial charge < -0.3 is 20.3 Å². The Labute approximate surface area is 106 Å². The van der Waals surface area contributed by atoms with Gasteiger partial charge in [0.15, 0.2) is 0 Å². The molecule has 0 saturated heterocycles. The number of rotatable bonds is 6. The van der Waals surface area contributed by atoms with Gasteiger partial charge >= 0.3 is 5.97 Å². The summed E-state index contributed by atoms with van der Waals surface area (Å²) in [5.74, 6) is -0.336. The van der Waals surface area contributed by atoms with Crippen LogP contribution in [0.4, 0.5) is 5.69 Å². The summed E-state index contributed by atoms with van der Waals surface area (Å²) in [6.07, 6.45) is -0.796. The molecule has 0 aliphatic rings. The van der Waals surface area contributed by atoms with Gasteiger partial charge in [0, 0.05) is 12.2 Å². The quantitative estimate of drug-likeness (QED) is 0.657. The van der Waals surface area contributed by atoms with Crippen molar-refractivity contribution in [3.05, 3.63) is 29.3 Å². The fraction of sp³-hybridized carbons (Fsp3) is 0.462. The van der Waals surface area contributed by atoms with E-state index in [0.717, 1.165) is 11.3 Å². The van der Waals surface area contributed by atoms with Gasteiger partial charge in [0.1, 0.15) is 0 Å². The van der Waals surface area contributed by atoms with Crippen LogP contribution in [0.25, 0.3) is 0 Å². The molecule has 0 spiro atoms. The average molecular weight is 253 g/mol. The SMILES string of the molecule is CCOC(=O)c1ccc(NCC(O)CO)cc1C. The first-order valence-corrected chi connectivity index (χ1v) is 5.89. The van der Waals surface area contributed by atoms with E-state index in [4.69, 9.17) is 9.84 Å². The van der Waals surface area contributed by atoms with Crippen molar-refractivity contribution in [1.29, 1.82) is 0 Å². The fourth-order valence-electron chi connectivity index (χ4n) is 1.51. The number of carbonyl (C=O) groups is 1. The highest BCUT2D eigenvalue weighted by Crippen LogP contribution is 2.16.